The van der Waals surface area contributed by atoms with Gasteiger partial charge in [-0.2, -0.15) is 13.2 Å². The van der Waals surface area contributed by atoms with Crippen LogP contribution in [0.1, 0.15) is 11.5 Å². The fourth-order valence-corrected chi connectivity index (χ4v) is 1.14. The molecule has 1 aromatic heterocycles. The van der Waals surface area contributed by atoms with E-state index >= 15 is 0 Å². The maximum atomic E-state index is 10.6. The standard InChI is InChI=1S/C8H10N2.C2HF3O2/c1-2-7(4-9-3-1)8-5-10-6-8;3-2(4,5)1(6)7/h1-4,8,10H,5-6H2;(H,6,7). The first-order valence-electron chi connectivity index (χ1n) is 4.82. The van der Waals surface area contributed by atoms with Gasteiger partial charge in [0.15, 0.2) is 0 Å². The molecule has 2 heterocycles. The number of carbonyl (C=O) groups is 1. The molecule has 1 aliphatic heterocycles. The summed E-state index contributed by atoms with van der Waals surface area (Å²) in [6.07, 6.45) is -1.32. The van der Waals surface area contributed by atoms with Crippen LogP contribution in [0, 0.1) is 0 Å². The Morgan fingerprint density at radius 2 is 2.06 bits per heavy atom. The number of aliphatic carboxylic acids is 1. The summed E-state index contributed by atoms with van der Waals surface area (Å²) in [6.45, 7) is 2.23. The molecule has 2 rings (SSSR count). The van der Waals surface area contributed by atoms with Gasteiger partial charge in [0.05, 0.1) is 0 Å². The summed E-state index contributed by atoms with van der Waals surface area (Å²) in [6, 6.07) is 4.13. The minimum absolute atomic E-state index is 0.716. The topological polar surface area (TPSA) is 62.2 Å². The fraction of sp³-hybridized carbons (Fsp3) is 0.400. The number of hydrogen-bond acceptors (Lipinski definition) is 3. The third-order valence-electron chi connectivity index (χ3n) is 2.18. The van der Waals surface area contributed by atoms with Gasteiger partial charge < -0.3 is 10.4 Å². The average Bonchev–Trinajstić information content (AvgIpc) is 2.16. The van der Waals surface area contributed by atoms with Crippen LogP contribution >= 0.6 is 0 Å². The lowest BCUT2D eigenvalue weighted by atomic mass is 9.96. The third kappa shape index (κ3) is 4.39. The number of rotatable bonds is 1. The maximum absolute atomic E-state index is 10.6. The van der Waals surface area contributed by atoms with Crippen LogP contribution in [0.15, 0.2) is 24.5 Å². The Bertz CT molecular complexity index is 364. The van der Waals surface area contributed by atoms with Gasteiger partial charge in [0, 0.05) is 31.4 Å². The van der Waals surface area contributed by atoms with Gasteiger partial charge >= 0.3 is 12.1 Å². The van der Waals surface area contributed by atoms with E-state index in [-0.39, 0.29) is 0 Å². The molecule has 94 valence electrons. The normalized spacial score (nSPS) is 15.5. The Morgan fingerprint density at radius 3 is 2.35 bits per heavy atom. The van der Waals surface area contributed by atoms with E-state index in [0.29, 0.717) is 5.92 Å². The van der Waals surface area contributed by atoms with Crippen LogP contribution < -0.4 is 5.32 Å². The van der Waals surface area contributed by atoms with E-state index in [4.69, 9.17) is 9.90 Å². The van der Waals surface area contributed by atoms with Crippen molar-refractivity contribution in [3.05, 3.63) is 30.1 Å². The van der Waals surface area contributed by atoms with Gasteiger partial charge in [-0.15, -0.1) is 0 Å². The first-order valence-corrected chi connectivity index (χ1v) is 4.82. The highest BCUT2D eigenvalue weighted by Gasteiger charge is 2.38. The van der Waals surface area contributed by atoms with Crippen molar-refractivity contribution in [1.29, 1.82) is 0 Å². The number of pyridine rings is 1. The van der Waals surface area contributed by atoms with E-state index in [2.05, 4.69) is 16.4 Å². The van der Waals surface area contributed by atoms with E-state index in [1.807, 2.05) is 18.5 Å². The quantitative estimate of drug-likeness (QED) is 0.788. The minimum atomic E-state index is -5.08. The van der Waals surface area contributed by atoms with Gasteiger partial charge in [0.1, 0.15) is 0 Å². The number of carboxylic acid groups (broad SMARTS) is 1. The highest BCUT2D eigenvalue weighted by atomic mass is 19.4. The summed E-state index contributed by atoms with van der Waals surface area (Å²) in [7, 11) is 0. The molecule has 0 unspecified atom stereocenters. The first-order chi connectivity index (χ1) is 7.91. The van der Waals surface area contributed by atoms with Crippen molar-refractivity contribution < 1.29 is 23.1 Å². The molecule has 0 amide bonds. The molecule has 2 N–H and O–H groups in total. The Balaban J connectivity index is 0.000000185. The molecule has 7 heteroatoms. The fourth-order valence-electron chi connectivity index (χ4n) is 1.14. The predicted molar refractivity (Wildman–Crippen MR) is 53.5 cm³/mol. The Kier molecular flexibility index (Phi) is 4.45. The Morgan fingerprint density at radius 1 is 1.47 bits per heavy atom. The lowest BCUT2D eigenvalue weighted by Crippen LogP contribution is -2.39. The van der Waals surface area contributed by atoms with Gasteiger partial charge in [-0.3, -0.25) is 4.98 Å². The summed E-state index contributed by atoms with van der Waals surface area (Å²) < 4.78 is 31.7. The summed E-state index contributed by atoms with van der Waals surface area (Å²) in [5.41, 5.74) is 1.36. The van der Waals surface area contributed by atoms with E-state index in [1.54, 1.807) is 0 Å². The zero-order valence-electron chi connectivity index (χ0n) is 8.74. The molecule has 0 bridgehead atoms. The number of carboxylic acids is 1. The summed E-state index contributed by atoms with van der Waals surface area (Å²) in [5.74, 6) is -2.04. The highest BCUT2D eigenvalue weighted by molar-refractivity contribution is 5.73. The number of nitrogens with one attached hydrogen (secondary N) is 1. The molecule has 0 radical (unpaired) electrons. The van der Waals surface area contributed by atoms with Gasteiger partial charge in [0.25, 0.3) is 0 Å². The molecule has 17 heavy (non-hydrogen) atoms. The second-order valence-electron chi connectivity index (χ2n) is 3.44. The van der Waals surface area contributed by atoms with Crippen molar-refractivity contribution >= 4 is 5.97 Å². The minimum Gasteiger partial charge on any atom is -0.475 e. The van der Waals surface area contributed by atoms with Crippen molar-refractivity contribution in [2.45, 2.75) is 12.1 Å². The van der Waals surface area contributed by atoms with E-state index in [1.165, 1.54) is 5.56 Å². The molecule has 0 aromatic carbocycles. The van der Waals surface area contributed by atoms with Gasteiger partial charge in [0.2, 0.25) is 0 Å². The highest BCUT2D eigenvalue weighted by Crippen LogP contribution is 2.17. The van der Waals surface area contributed by atoms with Crippen LogP contribution in [0.3, 0.4) is 0 Å². The summed E-state index contributed by atoms with van der Waals surface area (Å²) in [5, 5.41) is 10.4. The molecule has 1 fully saturated rings. The van der Waals surface area contributed by atoms with Crippen molar-refractivity contribution in [1.82, 2.24) is 10.3 Å². The van der Waals surface area contributed by atoms with Crippen LogP contribution in [0.4, 0.5) is 13.2 Å². The number of alkyl halides is 3. The molecule has 0 aliphatic carbocycles. The van der Waals surface area contributed by atoms with Gasteiger partial charge in [-0.25, -0.2) is 4.79 Å². The number of nitrogens with zero attached hydrogens (tertiary/aromatic N) is 1. The number of aromatic nitrogens is 1. The number of hydrogen-bond donors (Lipinski definition) is 2. The van der Waals surface area contributed by atoms with Gasteiger partial charge in [-0.05, 0) is 11.6 Å². The zero-order chi connectivity index (χ0) is 12.9. The second-order valence-corrected chi connectivity index (χ2v) is 3.44. The molecule has 4 nitrogen and oxygen atoms in total. The molecular weight excluding hydrogens is 237 g/mol. The Hall–Kier alpha value is -1.63. The molecule has 1 aliphatic rings. The summed E-state index contributed by atoms with van der Waals surface area (Å²) in [4.78, 5) is 13.0. The van der Waals surface area contributed by atoms with Crippen LogP contribution in [-0.2, 0) is 4.79 Å². The van der Waals surface area contributed by atoms with Crippen LogP contribution in [0.2, 0.25) is 0 Å². The van der Waals surface area contributed by atoms with Crippen molar-refractivity contribution in [2.24, 2.45) is 0 Å². The SMILES string of the molecule is O=C(O)C(F)(F)F.c1cncc(C2CNC2)c1. The van der Waals surface area contributed by atoms with Crippen molar-refractivity contribution in [2.75, 3.05) is 13.1 Å². The molecule has 0 atom stereocenters. The lowest BCUT2D eigenvalue weighted by molar-refractivity contribution is -0.192. The third-order valence-corrected chi connectivity index (χ3v) is 2.18. The first kappa shape index (κ1) is 13.4. The molecule has 1 aromatic rings. The predicted octanol–water partition coefficient (Wildman–Crippen LogP) is 1.40. The second kappa shape index (κ2) is 5.62. The van der Waals surface area contributed by atoms with Gasteiger partial charge in [-0.1, -0.05) is 6.07 Å². The van der Waals surface area contributed by atoms with Crippen molar-refractivity contribution in [3.63, 3.8) is 0 Å². The smallest absolute Gasteiger partial charge is 0.475 e. The van der Waals surface area contributed by atoms with Crippen molar-refractivity contribution in [3.8, 4) is 0 Å². The number of halogens is 3. The van der Waals surface area contributed by atoms with E-state index in [0.717, 1.165) is 13.1 Å². The molecule has 0 saturated carbocycles. The summed E-state index contributed by atoms with van der Waals surface area (Å²) >= 11 is 0. The lowest BCUT2D eigenvalue weighted by Gasteiger charge is -2.26. The van der Waals surface area contributed by atoms with Crippen LogP contribution in [0.5, 0.6) is 0 Å². The monoisotopic (exact) mass is 248 g/mol. The molecular formula is C10H11F3N2O2. The largest absolute Gasteiger partial charge is 0.490 e. The molecule has 0 spiro atoms. The van der Waals surface area contributed by atoms with E-state index in [9.17, 15) is 13.2 Å². The Labute approximate surface area is 95.5 Å². The zero-order valence-corrected chi connectivity index (χ0v) is 8.74. The molecule has 1 saturated heterocycles. The van der Waals surface area contributed by atoms with Crippen LogP contribution in [0.25, 0.3) is 0 Å². The van der Waals surface area contributed by atoms with Crippen LogP contribution in [-0.4, -0.2) is 35.3 Å². The average molecular weight is 248 g/mol. The maximum Gasteiger partial charge on any atom is 0.490 e. The van der Waals surface area contributed by atoms with E-state index < -0.39 is 12.1 Å².